The molecule has 8 bridgehead atoms. The van der Waals surface area contributed by atoms with E-state index in [2.05, 4.69) is 137 Å². The molecular weight excluding hydrogens is 1670 g/mol. The molecule has 0 spiro atoms. The van der Waals surface area contributed by atoms with Crippen LogP contribution < -0.4 is 20.7 Å². The maximum atomic E-state index is 14.9. The Morgan fingerprint density at radius 3 is 0.539 bits per heavy atom. The molecule has 13 rings (SSSR count). The monoisotopic (exact) mass is 1780 g/mol. The molecule has 2 aliphatic rings. The SMILES string of the molecule is CCOC(=O)c1cccc(C(=O)OCC)c1-c1cc([Si](C)(C)C)ccc1-c1c2nc(c(-c3ccc([Si](C)(C)C)cc3-c3c(C(=O)OCC)cccc3C(=O)OCC)c3ccc([nH]3)c(-c3ccc([Si](C)(C)C)cc3-c3c(C(=O)OCC)cccc3C(=O)OCC)c3nc(c(-c4ccc([Si](C)(C)C)cc4-c4c(C(=O)OCC)cccc4C(=O)OCC)c4ccc1[nH]4)C=C3)C=C2. The first kappa shape index (κ1) is 92.6. The van der Waals surface area contributed by atoms with Crippen LogP contribution in [0.1, 0.15) is 161 Å². The number of aromatic amines is 2. The number of hydrogen-bond donors (Lipinski definition) is 2. The van der Waals surface area contributed by atoms with Gasteiger partial charge in [-0.2, -0.15) is 0 Å². The van der Waals surface area contributed by atoms with Crippen molar-refractivity contribution >= 4 is 147 Å². The summed E-state index contributed by atoms with van der Waals surface area (Å²) in [5.74, 6) is -5.42. The third-order valence-electron chi connectivity index (χ3n) is 22.7. The fourth-order valence-corrected chi connectivity index (χ4v) is 21.1. The highest BCUT2D eigenvalue weighted by molar-refractivity contribution is 6.90. The van der Waals surface area contributed by atoms with Gasteiger partial charge < -0.3 is 47.9 Å². The van der Waals surface area contributed by atoms with E-state index in [-0.39, 0.29) is 120 Å². The number of ether oxygens (including phenoxy) is 8. The van der Waals surface area contributed by atoms with Crippen molar-refractivity contribution in [2.45, 2.75) is 134 Å². The van der Waals surface area contributed by atoms with Crippen molar-refractivity contribution in [2.24, 2.45) is 0 Å². The number of carbonyl (C=O) groups is 8. The zero-order chi connectivity index (χ0) is 92.2. The van der Waals surface area contributed by atoms with Gasteiger partial charge in [0, 0.05) is 66.6 Å². The van der Waals surface area contributed by atoms with Crippen LogP contribution in [0.4, 0.5) is 0 Å². The molecule has 0 fully saturated rings. The van der Waals surface area contributed by atoms with E-state index in [1.54, 1.807) is 128 Å². The number of nitrogens with zero attached hydrogens (tertiary/aromatic N) is 2. The summed E-state index contributed by atoms with van der Waals surface area (Å²) in [7, 11) is -9.46. The molecule has 24 heteroatoms. The third kappa shape index (κ3) is 18.7. The molecule has 128 heavy (non-hydrogen) atoms. The Bertz CT molecular complexity index is 5650. The molecule has 20 nitrogen and oxygen atoms in total. The van der Waals surface area contributed by atoms with Gasteiger partial charge in [-0.3, -0.25) is 0 Å². The first-order valence-corrected chi connectivity index (χ1v) is 57.7. The molecule has 0 unspecified atom stereocenters. The van der Waals surface area contributed by atoms with Crippen LogP contribution in [-0.4, -0.2) is 153 Å². The highest BCUT2D eigenvalue weighted by atomic mass is 28.3. The highest BCUT2D eigenvalue weighted by Gasteiger charge is 2.36. The van der Waals surface area contributed by atoms with Gasteiger partial charge in [0.25, 0.3) is 0 Å². The average Bonchev–Trinajstić information content (AvgIpc) is 1.54. The molecule has 0 saturated carbocycles. The summed E-state index contributed by atoms with van der Waals surface area (Å²) in [6, 6.07) is 52.1. The Morgan fingerprint density at radius 1 is 0.227 bits per heavy atom. The first-order chi connectivity index (χ1) is 61.0. The average molecular weight is 1780 g/mol. The van der Waals surface area contributed by atoms with Gasteiger partial charge in [0.1, 0.15) is 0 Å². The Morgan fingerprint density at radius 2 is 0.391 bits per heavy atom. The van der Waals surface area contributed by atoms with Gasteiger partial charge in [-0.1, -0.05) is 196 Å². The predicted octanol–water partition coefficient (Wildman–Crippen LogP) is 21.6. The van der Waals surface area contributed by atoms with Crippen LogP contribution in [0.25, 0.3) is 135 Å². The van der Waals surface area contributed by atoms with Gasteiger partial charge in [-0.15, -0.1) is 0 Å². The maximum absolute atomic E-state index is 14.9. The molecule has 3 aromatic heterocycles. The summed E-state index contributed by atoms with van der Waals surface area (Å²) >= 11 is 0. The molecular formula is C104H110N4O16Si4. The third-order valence-corrected chi connectivity index (χ3v) is 30.8. The second kappa shape index (κ2) is 38.3. The minimum absolute atomic E-state index is 0.0182. The number of hydrogen-bond acceptors (Lipinski definition) is 18. The van der Waals surface area contributed by atoms with Crippen LogP contribution in [0.5, 0.6) is 0 Å². The Labute approximate surface area is 751 Å². The van der Waals surface area contributed by atoms with Gasteiger partial charge in [0.05, 0.1) is 152 Å². The lowest BCUT2D eigenvalue weighted by Crippen LogP contribution is -2.37. The van der Waals surface area contributed by atoms with E-state index in [0.29, 0.717) is 112 Å². The molecule has 0 saturated heterocycles. The lowest BCUT2D eigenvalue weighted by atomic mass is 9.88. The van der Waals surface area contributed by atoms with Crippen molar-refractivity contribution in [1.82, 2.24) is 19.9 Å². The quantitative estimate of drug-likeness (QED) is 0.0262. The molecule has 2 aliphatic heterocycles. The number of H-pyrrole nitrogens is 2. The number of nitrogens with one attached hydrogen (secondary N) is 2. The van der Waals surface area contributed by atoms with E-state index < -0.39 is 80.0 Å². The van der Waals surface area contributed by atoms with Crippen LogP contribution in [0.15, 0.2) is 170 Å². The number of aromatic nitrogens is 4. The summed E-state index contributed by atoms with van der Waals surface area (Å²) < 4.78 is 47.3. The highest BCUT2D eigenvalue weighted by Crippen LogP contribution is 2.49. The summed E-state index contributed by atoms with van der Waals surface area (Å²) in [4.78, 5) is 139. The summed E-state index contributed by atoms with van der Waals surface area (Å²) in [6.45, 7) is 40.5. The number of esters is 8. The van der Waals surface area contributed by atoms with Gasteiger partial charge in [-0.25, -0.2) is 48.3 Å². The van der Waals surface area contributed by atoms with E-state index >= 15 is 0 Å². The summed E-state index contributed by atoms with van der Waals surface area (Å²) in [5, 5.41) is 3.91. The van der Waals surface area contributed by atoms with Crippen LogP contribution in [0.3, 0.4) is 0 Å². The largest absolute Gasteiger partial charge is 0.462 e. The molecule has 0 aliphatic carbocycles. The van der Waals surface area contributed by atoms with E-state index in [9.17, 15) is 38.4 Å². The molecule has 0 atom stereocenters. The Kier molecular flexibility index (Phi) is 27.7. The first-order valence-electron chi connectivity index (χ1n) is 43.7. The topological polar surface area (TPSA) is 268 Å². The van der Waals surface area contributed by atoms with Crippen molar-refractivity contribution in [3.63, 3.8) is 0 Å². The van der Waals surface area contributed by atoms with Gasteiger partial charge in [0.15, 0.2) is 0 Å². The van der Waals surface area contributed by atoms with E-state index in [4.69, 9.17) is 47.9 Å². The van der Waals surface area contributed by atoms with Crippen molar-refractivity contribution in [2.75, 3.05) is 52.9 Å². The molecule has 0 amide bonds. The van der Waals surface area contributed by atoms with Crippen molar-refractivity contribution in [3.05, 3.63) is 237 Å². The normalized spacial score (nSPS) is 12.0. The lowest BCUT2D eigenvalue weighted by molar-refractivity contribution is 0.0508. The fraction of sp³-hybridized carbons (Fsp3) is 0.269. The van der Waals surface area contributed by atoms with Gasteiger partial charge in [0.2, 0.25) is 0 Å². The van der Waals surface area contributed by atoms with Crippen molar-refractivity contribution < 1.29 is 76.3 Å². The minimum Gasteiger partial charge on any atom is -0.462 e. The smallest absolute Gasteiger partial charge is 0.338 e. The van der Waals surface area contributed by atoms with Crippen LogP contribution in [0, 0.1) is 0 Å². The van der Waals surface area contributed by atoms with E-state index in [1.807, 2.05) is 72.8 Å². The predicted molar refractivity (Wildman–Crippen MR) is 522 cm³/mol. The molecule has 0 radical (unpaired) electrons. The standard InChI is InChI=1S/C104H110N4O16Si4/c1-21-117-97(109)69-33-29-34-70(98(110)118-22-2)89(69)77-57-61(125(9,10)11)41-45-65(77)93-81-49-51-83(105-81)94(66-46-42-62(126(12,13)14)58-78(66)90-71(99(111)119-23-3)35-30-36-72(90)100(112)120-24-4)85-53-55-87(107-85)96(68-48-44-64(128(18,19)20)60-80(68)92-75(103(115)123-27-7)39-32-40-76(92)104(116)124-28-8)88-56-54-86(108-88)95(84-52-50-82(93)106-84)67-47-43-63(127(15,16)17)59-79(67)91-73(101(113)121-25-5)37-31-38-74(91)102(114)122-26-6/h29-60,105,108H,21-28H2,1-20H3. The Hall–Kier alpha value is -13.0. The summed E-state index contributed by atoms with van der Waals surface area (Å²) in [6.07, 6.45) is 7.66. The number of carbonyl (C=O) groups excluding carboxylic acids is 8. The van der Waals surface area contributed by atoms with Crippen LogP contribution >= 0.6 is 0 Å². The zero-order valence-corrected chi connectivity index (χ0v) is 80.6. The van der Waals surface area contributed by atoms with Crippen molar-refractivity contribution in [1.29, 1.82) is 0 Å². The molecule has 8 aromatic carbocycles. The fourth-order valence-electron chi connectivity index (χ4n) is 16.5. The molecule has 11 aromatic rings. The van der Waals surface area contributed by atoms with Gasteiger partial charge in [-0.05, 0) is 197 Å². The van der Waals surface area contributed by atoms with Crippen LogP contribution in [0.2, 0.25) is 78.6 Å². The number of rotatable bonds is 28. The lowest BCUT2D eigenvalue weighted by Gasteiger charge is -2.23. The molecule has 658 valence electrons. The number of fused-ring (bicyclic) bond motifs is 8. The molecule has 5 heterocycles. The Balaban J connectivity index is 1.35. The van der Waals surface area contributed by atoms with Crippen LogP contribution in [-0.2, 0) is 37.9 Å². The van der Waals surface area contributed by atoms with E-state index in [0.717, 1.165) is 20.7 Å². The maximum Gasteiger partial charge on any atom is 0.338 e. The second-order valence-electron chi connectivity index (χ2n) is 35.2. The minimum atomic E-state index is -2.36. The zero-order valence-electron chi connectivity index (χ0n) is 76.6. The second-order valence-corrected chi connectivity index (χ2v) is 55.5. The van der Waals surface area contributed by atoms with E-state index in [1.165, 1.54) is 0 Å². The molecule has 2 N–H and O–H groups in total. The summed E-state index contributed by atoms with van der Waals surface area (Å²) in [5.41, 5.74) is 11.2. The van der Waals surface area contributed by atoms with Crippen molar-refractivity contribution in [3.8, 4) is 89.0 Å². The number of benzene rings is 8. The van der Waals surface area contributed by atoms with Gasteiger partial charge >= 0.3 is 47.8 Å².